The maximum absolute atomic E-state index is 4.60. The molecule has 4 aromatic heterocycles. The van der Waals surface area contributed by atoms with Crippen LogP contribution in [0.5, 0.6) is 0 Å². The lowest BCUT2D eigenvalue weighted by Gasteiger charge is -2.03. The molecule has 1 aliphatic rings. The van der Waals surface area contributed by atoms with E-state index in [0.717, 1.165) is 47.9 Å². The van der Waals surface area contributed by atoms with E-state index in [1.807, 2.05) is 48.5 Å². The van der Waals surface area contributed by atoms with Crippen LogP contribution >= 0.6 is 0 Å². The Labute approximate surface area is 227 Å². The fraction of sp³-hybridized carbons (Fsp3) is 0.333. The van der Waals surface area contributed by atoms with Gasteiger partial charge in [-0.1, -0.05) is 48.5 Å². The Morgan fingerprint density at radius 2 is 0.625 bits per heavy atom. The lowest BCUT2D eigenvalue weighted by Crippen LogP contribution is -2.07. The van der Waals surface area contributed by atoms with E-state index in [0.29, 0.717) is 49.5 Å². The van der Waals surface area contributed by atoms with Gasteiger partial charge in [-0.15, -0.1) is 40.8 Å². The first kappa shape index (κ1) is 23.8. The first-order chi connectivity index (χ1) is 19.8. The summed E-state index contributed by atoms with van der Waals surface area (Å²) in [6, 6.07) is 15.5. The fourth-order valence-electron chi connectivity index (χ4n) is 4.54. The van der Waals surface area contributed by atoms with Gasteiger partial charge in [-0.05, 0) is 46.5 Å². The van der Waals surface area contributed by atoms with Crippen molar-refractivity contribution in [3.05, 3.63) is 48.5 Å². The molecule has 7 rings (SSSR count). The van der Waals surface area contributed by atoms with Crippen LogP contribution in [-0.2, 0) is 26.2 Å². The van der Waals surface area contributed by atoms with E-state index in [-0.39, 0.29) is 0 Å². The molecular weight excluding hydrogens is 512 g/mol. The van der Waals surface area contributed by atoms with Gasteiger partial charge < -0.3 is 0 Å². The molecule has 0 spiro atoms. The Kier molecular flexibility index (Phi) is 6.23. The van der Waals surface area contributed by atoms with E-state index >= 15 is 0 Å². The Morgan fingerprint density at radius 1 is 0.375 bits per heavy atom. The van der Waals surface area contributed by atoms with Gasteiger partial charge in [0.2, 0.25) is 23.3 Å². The van der Waals surface area contributed by atoms with Crippen LogP contribution in [0.4, 0.5) is 0 Å². The largest absolute Gasteiger partial charge is 0.205 e. The number of aromatic nitrogens is 16. The molecule has 200 valence electrons. The summed E-state index contributed by atoms with van der Waals surface area (Å²) in [5, 5.41) is 52.5. The molecule has 0 atom stereocenters. The van der Waals surface area contributed by atoms with Gasteiger partial charge >= 0.3 is 0 Å². The summed E-state index contributed by atoms with van der Waals surface area (Å²) in [6.45, 7) is 2.43. The zero-order chi connectivity index (χ0) is 26.7. The van der Waals surface area contributed by atoms with Crippen molar-refractivity contribution in [3.63, 3.8) is 0 Å². The van der Waals surface area contributed by atoms with Gasteiger partial charge in [0.05, 0.1) is 26.2 Å². The number of tetrazole rings is 4. The number of benzene rings is 2. The molecule has 0 saturated carbocycles. The predicted molar refractivity (Wildman–Crippen MR) is 139 cm³/mol. The molecule has 2 aromatic carbocycles. The van der Waals surface area contributed by atoms with E-state index in [2.05, 4.69) is 61.6 Å². The van der Waals surface area contributed by atoms with E-state index in [1.165, 1.54) is 0 Å². The first-order valence-electron chi connectivity index (χ1n) is 13.1. The maximum atomic E-state index is 4.60. The van der Waals surface area contributed by atoms with Gasteiger partial charge in [0.15, 0.2) is 0 Å². The minimum absolute atomic E-state index is 0.516. The number of fused-ring (bicyclic) bond motifs is 14. The molecule has 40 heavy (non-hydrogen) atoms. The lowest BCUT2D eigenvalue weighted by molar-refractivity contribution is 0.437. The lowest BCUT2D eigenvalue weighted by atomic mass is 10.1. The third-order valence-electron chi connectivity index (χ3n) is 6.56. The molecule has 8 bridgehead atoms. The third-order valence-corrected chi connectivity index (χ3v) is 6.56. The molecule has 0 fully saturated rings. The fourth-order valence-corrected chi connectivity index (χ4v) is 4.54. The normalized spacial score (nSPS) is 14.2. The van der Waals surface area contributed by atoms with E-state index in [4.69, 9.17) is 0 Å². The van der Waals surface area contributed by atoms with Gasteiger partial charge in [0, 0.05) is 22.3 Å². The van der Waals surface area contributed by atoms with Crippen molar-refractivity contribution >= 4 is 0 Å². The molecule has 0 radical (unpaired) electrons. The molecule has 0 N–H and O–H groups in total. The van der Waals surface area contributed by atoms with Crippen molar-refractivity contribution < 1.29 is 0 Å². The summed E-state index contributed by atoms with van der Waals surface area (Å²) in [4.78, 5) is 6.41. The molecule has 0 amide bonds. The molecule has 0 saturated heterocycles. The highest BCUT2D eigenvalue weighted by molar-refractivity contribution is 5.77. The van der Waals surface area contributed by atoms with E-state index in [1.54, 1.807) is 19.2 Å². The highest BCUT2D eigenvalue weighted by Crippen LogP contribution is 2.28. The predicted octanol–water partition coefficient (Wildman–Crippen LogP) is 1.57. The van der Waals surface area contributed by atoms with Crippen LogP contribution in [0, 0.1) is 0 Å². The minimum atomic E-state index is 0.516. The zero-order valence-electron chi connectivity index (χ0n) is 21.4. The minimum Gasteiger partial charge on any atom is -0.164 e. The van der Waals surface area contributed by atoms with Crippen LogP contribution in [0.25, 0.3) is 45.6 Å². The summed E-state index contributed by atoms with van der Waals surface area (Å²) in [5.74, 6) is 2.06. The Hall–Kier alpha value is -5.28. The summed E-state index contributed by atoms with van der Waals surface area (Å²) in [5.41, 5.74) is 3.21. The van der Waals surface area contributed by atoms with Gasteiger partial charge in [-0.25, -0.2) is 0 Å². The Morgan fingerprint density at radius 3 is 0.875 bits per heavy atom. The number of aryl methyl sites for hydroxylation is 4. The molecule has 0 aliphatic carbocycles. The average molecular weight is 537 g/mol. The van der Waals surface area contributed by atoms with Crippen molar-refractivity contribution in [2.24, 2.45) is 0 Å². The number of hydrogen-bond acceptors (Lipinski definition) is 12. The van der Waals surface area contributed by atoms with Gasteiger partial charge in [0.1, 0.15) is 0 Å². The summed E-state index contributed by atoms with van der Waals surface area (Å²) in [6.07, 6.45) is 3.25. The van der Waals surface area contributed by atoms with Crippen molar-refractivity contribution in [2.45, 2.75) is 51.9 Å². The summed E-state index contributed by atoms with van der Waals surface area (Å²) >= 11 is 0. The van der Waals surface area contributed by atoms with Crippen LogP contribution < -0.4 is 0 Å². The topological polar surface area (TPSA) is 174 Å². The van der Waals surface area contributed by atoms with Crippen molar-refractivity contribution in [2.75, 3.05) is 0 Å². The molecule has 16 nitrogen and oxygen atoms in total. The highest BCUT2D eigenvalue weighted by Gasteiger charge is 2.18. The Balaban J connectivity index is 1.18. The smallest absolute Gasteiger partial charge is 0.164 e. The molecule has 16 heteroatoms. The molecule has 1 aliphatic heterocycles. The van der Waals surface area contributed by atoms with Crippen molar-refractivity contribution in [1.82, 2.24) is 80.8 Å². The molecule has 5 heterocycles. The first-order valence-corrected chi connectivity index (χ1v) is 13.1. The third kappa shape index (κ3) is 4.81. The van der Waals surface area contributed by atoms with E-state index in [9.17, 15) is 0 Å². The maximum Gasteiger partial charge on any atom is 0.205 e. The summed E-state index contributed by atoms with van der Waals surface area (Å²) < 4.78 is 0. The number of rotatable bonds is 0. The van der Waals surface area contributed by atoms with Crippen LogP contribution in [0.2, 0.25) is 0 Å². The van der Waals surface area contributed by atoms with Crippen LogP contribution in [0.15, 0.2) is 48.5 Å². The van der Waals surface area contributed by atoms with Crippen molar-refractivity contribution in [1.29, 1.82) is 0 Å². The molecular formula is C24H24N16. The van der Waals surface area contributed by atoms with Crippen LogP contribution in [0.1, 0.15) is 25.7 Å². The highest BCUT2D eigenvalue weighted by atomic mass is 15.6. The van der Waals surface area contributed by atoms with Gasteiger partial charge in [0.25, 0.3) is 0 Å². The SMILES string of the molecule is c1ccc2c(c1)-c1nnn(n1)CCCCn1nnc(n1)-c1ccccc1-c1nnn(n1)CCCCn1nnc-2n1. The standard InChI is InChI=1S/C24H24N16/c1-2-10-18-17(9-1)21-25-33-37(29-21)13-5-6-15-39-31-23(27-35-39)19-11-3-4-12-20(19)24-28-36-40(32-24)16-8-7-14-38-30-22(18)26-34-38/h1-4,9-12H,5-8,13-16H2. The van der Waals surface area contributed by atoms with Crippen LogP contribution in [-0.4, -0.2) is 80.8 Å². The van der Waals surface area contributed by atoms with Crippen LogP contribution in [0.3, 0.4) is 0 Å². The summed E-state index contributed by atoms with van der Waals surface area (Å²) in [7, 11) is 0. The van der Waals surface area contributed by atoms with Gasteiger partial charge in [-0.3, -0.25) is 0 Å². The second kappa shape index (κ2) is 10.5. The second-order valence-electron chi connectivity index (χ2n) is 9.34. The molecule has 6 aromatic rings. The molecule has 0 unspecified atom stereocenters. The quantitative estimate of drug-likeness (QED) is 0.274. The zero-order valence-corrected chi connectivity index (χ0v) is 21.4. The van der Waals surface area contributed by atoms with Gasteiger partial charge in [-0.2, -0.15) is 19.2 Å². The second-order valence-corrected chi connectivity index (χ2v) is 9.34. The van der Waals surface area contributed by atoms with Crippen molar-refractivity contribution in [3.8, 4) is 45.6 Å². The van der Waals surface area contributed by atoms with E-state index < -0.39 is 0 Å². The number of nitrogens with zero attached hydrogens (tertiary/aromatic N) is 16. The Bertz CT molecular complexity index is 1490. The number of hydrogen-bond donors (Lipinski definition) is 0. The average Bonchev–Trinajstić information content (AvgIpc) is 3.81. The monoisotopic (exact) mass is 536 g/mol.